The van der Waals surface area contributed by atoms with Crippen LogP contribution in [0.15, 0.2) is 0 Å². The molecule has 0 unspecified atom stereocenters. The molecule has 4 atom stereocenters. The molecule has 127 heavy (non-hydrogen) atoms. The van der Waals surface area contributed by atoms with Gasteiger partial charge in [-0.05, 0) is 32.1 Å². The highest BCUT2D eigenvalue weighted by molar-refractivity contribution is 5.73. The Balaban J connectivity index is 6.57. The van der Waals surface area contributed by atoms with Crippen LogP contribution in [0.1, 0.15) is 677 Å². The van der Waals surface area contributed by atoms with Gasteiger partial charge in [0.2, 0.25) is 0 Å². The topological polar surface area (TPSA) is 152 Å². The van der Waals surface area contributed by atoms with Crippen molar-refractivity contribution >= 4 is 29.8 Å². The summed E-state index contributed by atoms with van der Waals surface area (Å²) in [5.74, 6) is -2.69. The smallest absolute Gasteiger partial charge is 0.306 e. The van der Waals surface area contributed by atoms with E-state index >= 15 is 0 Å². The minimum Gasteiger partial charge on any atom is -0.462 e. The number of aliphatic hydroxyl groups is 1. The number of hydrogen-bond donors (Lipinski definition) is 1. The number of carbonyl (C=O) groups excluding carboxylic acids is 5. The van der Waals surface area contributed by atoms with Crippen molar-refractivity contribution < 1.29 is 52.8 Å². The first-order valence-corrected chi connectivity index (χ1v) is 58.2. The first-order chi connectivity index (χ1) is 62.7. The highest BCUT2D eigenvalue weighted by Crippen LogP contribution is 2.28. The first kappa shape index (κ1) is 124. The summed E-state index contributed by atoms with van der Waals surface area (Å²) in [4.78, 5) is 71.8. The second kappa shape index (κ2) is 107. The Hall–Kier alpha value is -2.69. The zero-order valence-electron chi connectivity index (χ0n) is 86.5. The molecule has 0 saturated heterocycles. The predicted molar refractivity (Wildman–Crippen MR) is 548 cm³/mol. The average Bonchev–Trinajstić information content (AvgIpc) is 0.824. The van der Waals surface area contributed by atoms with Gasteiger partial charge in [0.25, 0.3) is 0 Å². The third-order valence-electron chi connectivity index (χ3n) is 27.7. The first-order valence-electron chi connectivity index (χ1n) is 58.2. The molecule has 0 saturated carbocycles. The van der Waals surface area contributed by atoms with Crippen LogP contribution in [0.3, 0.4) is 0 Å². The van der Waals surface area contributed by atoms with Crippen LogP contribution in [0.25, 0.3) is 0 Å². The van der Waals surface area contributed by atoms with Gasteiger partial charge in [0.1, 0.15) is 6.61 Å². The second-order valence-electron chi connectivity index (χ2n) is 40.4. The van der Waals surface area contributed by atoms with Gasteiger partial charge in [0, 0.05) is 32.1 Å². The lowest BCUT2D eigenvalue weighted by Crippen LogP contribution is -2.54. The Morgan fingerprint density at radius 3 is 0.425 bits per heavy atom. The second-order valence-corrected chi connectivity index (χ2v) is 40.4. The van der Waals surface area contributed by atoms with E-state index < -0.39 is 67.5 Å². The molecular weight excluding hydrogens is 1570 g/mol. The molecule has 0 radical (unpaired) electrons. The molecule has 0 aromatic rings. The van der Waals surface area contributed by atoms with Gasteiger partial charge >= 0.3 is 29.8 Å². The van der Waals surface area contributed by atoms with Crippen LogP contribution in [0.2, 0.25) is 0 Å². The number of unbranched alkanes of at least 4 members (excludes halogenated alkanes) is 90. The fraction of sp³-hybridized carbons (Fsp3) is 0.957. The van der Waals surface area contributed by atoms with Gasteiger partial charge in [-0.15, -0.1) is 0 Å². The van der Waals surface area contributed by atoms with Gasteiger partial charge in [-0.3, -0.25) is 24.0 Å². The van der Waals surface area contributed by atoms with E-state index in [1.165, 1.54) is 482 Å². The molecule has 0 heterocycles. The molecule has 0 bridgehead atoms. The molecular formula is C116H224O11. The quantitative estimate of drug-likeness (QED) is 0.0352. The van der Waals surface area contributed by atoms with Crippen molar-refractivity contribution in [3.05, 3.63) is 0 Å². The van der Waals surface area contributed by atoms with E-state index in [0.717, 1.165) is 96.3 Å². The lowest BCUT2D eigenvalue weighted by molar-refractivity contribution is -0.208. The van der Waals surface area contributed by atoms with Crippen LogP contribution >= 0.6 is 0 Å². The number of rotatable bonds is 110. The number of hydrogen-bond acceptors (Lipinski definition) is 11. The average molecular weight is 1800 g/mol. The molecule has 0 spiro atoms. The van der Waals surface area contributed by atoms with Gasteiger partial charge in [-0.25, -0.2) is 0 Å². The molecule has 0 aromatic heterocycles. The molecule has 754 valence electrons. The summed E-state index contributed by atoms with van der Waals surface area (Å²) >= 11 is 0. The van der Waals surface area contributed by atoms with E-state index in [-0.39, 0.29) is 32.1 Å². The lowest BCUT2D eigenvalue weighted by atomic mass is 10.0. The molecule has 1 N–H and O–H groups in total. The van der Waals surface area contributed by atoms with Crippen molar-refractivity contribution in [2.24, 2.45) is 0 Å². The molecule has 0 aliphatic rings. The third kappa shape index (κ3) is 96.2. The maximum atomic E-state index is 14.6. The zero-order chi connectivity index (χ0) is 91.9. The zero-order valence-corrected chi connectivity index (χ0v) is 86.5. The maximum Gasteiger partial charge on any atom is 0.306 e. The molecule has 0 aromatic carbocycles. The number of esters is 5. The Morgan fingerprint density at radius 1 is 0.157 bits per heavy atom. The summed E-state index contributed by atoms with van der Waals surface area (Å²) in [7, 11) is 0. The van der Waals surface area contributed by atoms with Gasteiger partial charge in [0.05, 0.1) is 6.61 Å². The Bertz CT molecular complexity index is 2190. The van der Waals surface area contributed by atoms with E-state index in [4.69, 9.17) is 23.7 Å². The van der Waals surface area contributed by atoms with Crippen molar-refractivity contribution in [2.45, 2.75) is 701 Å². The molecule has 0 amide bonds. The van der Waals surface area contributed by atoms with Gasteiger partial charge in [-0.1, -0.05) is 612 Å². The highest BCUT2D eigenvalue weighted by Gasteiger charge is 2.45. The summed E-state index contributed by atoms with van der Waals surface area (Å²) < 4.78 is 31.7. The van der Waals surface area contributed by atoms with Crippen LogP contribution in [0, 0.1) is 0 Å². The fourth-order valence-electron chi connectivity index (χ4n) is 19.0. The number of aliphatic hydroxyl groups excluding tert-OH is 1. The van der Waals surface area contributed by atoms with Gasteiger partial charge in [0.15, 0.2) is 24.4 Å². The normalized spacial score (nSPS) is 12.6. The highest BCUT2D eigenvalue weighted by atomic mass is 16.6. The Morgan fingerprint density at radius 2 is 0.276 bits per heavy atom. The third-order valence-corrected chi connectivity index (χ3v) is 27.7. The summed E-state index contributed by atoms with van der Waals surface area (Å²) in [5.41, 5.74) is 0. The monoisotopic (exact) mass is 1790 g/mol. The minimum atomic E-state index is -1.56. The Kier molecular flexibility index (Phi) is 105. The van der Waals surface area contributed by atoms with Crippen LogP contribution < -0.4 is 0 Å². The van der Waals surface area contributed by atoms with Crippen molar-refractivity contribution in [1.29, 1.82) is 0 Å². The maximum absolute atomic E-state index is 14.6. The molecule has 0 aliphatic heterocycles. The van der Waals surface area contributed by atoms with E-state index in [9.17, 15) is 29.1 Å². The molecule has 11 heteroatoms. The van der Waals surface area contributed by atoms with Gasteiger partial charge in [-0.2, -0.15) is 0 Å². The van der Waals surface area contributed by atoms with Crippen molar-refractivity contribution in [3.63, 3.8) is 0 Å². The van der Waals surface area contributed by atoms with Crippen LogP contribution in [-0.4, -0.2) is 72.6 Å². The summed E-state index contributed by atoms with van der Waals surface area (Å²) in [6, 6.07) is 0. The van der Waals surface area contributed by atoms with E-state index in [2.05, 4.69) is 34.6 Å². The van der Waals surface area contributed by atoms with E-state index in [1.807, 2.05) is 0 Å². The SMILES string of the molecule is CCCCCCCCCCCCCCCCCCCCCC(=O)OC[C@H](OC(=O)CCCCCCCCCCCCCCCCCCCCC)[C@@H](OC(=O)CCCCCCCCCCCCCCCCCCCCC)[C@H](OC(=O)CCCCCCCCCCCCCCCCCCCCC)[C@@H](CO)OC(=O)CCCCCCCCCCCCCCCCCCCCC. The molecule has 0 rings (SSSR count). The molecule has 11 nitrogen and oxygen atoms in total. The Labute approximate surface area is 792 Å². The standard InChI is InChI=1S/C116H224O11/c1-6-11-16-21-26-31-36-41-46-51-56-61-66-71-76-81-86-91-96-101-110(118)123-107-109(125-112(120)103-98-93-88-83-78-73-68-63-58-53-48-43-38-33-28-23-18-13-8-3)116(127-114(122)105-100-95-90-85-80-75-70-65-60-55-50-45-40-35-30-25-20-15-10-5)115(126-113(121)104-99-94-89-84-79-74-69-64-59-54-49-44-39-34-29-24-19-14-9-4)108(106-117)124-111(119)102-97-92-87-82-77-72-67-62-57-52-47-42-37-32-27-22-17-12-7-2/h108-109,115-117H,6-107H2,1-5H3/t108-,109+,115-,116-/m1/s1. The van der Waals surface area contributed by atoms with Crippen molar-refractivity contribution in [2.75, 3.05) is 13.2 Å². The van der Waals surface area contributed by atoms with Crippen LogP contribution in [0.5, 0.6) is 0 Å². The van der Waals surface area contributed by atoms with Crippen molar-refractivity contribution in [3.8, 4) is 0 Å². The van der Waals surface area contributed by atoms with Gasteiger partial charge < -0.3 is 28.8 Å². The molecule has 0 fully saturated rings. The molecule has 0 aliphatic carbocycles. The van der Waals surface area contributed by atoms with Crippen LogP contribution in [-0.2, 0) is 47.7 Å². The van der Waals surface area contributed by atoms with Crippen LogP contribution in [0.4, 0.5) is 0 Å². The van der Waals surface area contributed by atoms with Crippen molar-refractivity contribution in [1.82, 2.24) is 0 Å². The largest absolute Gasteiger partial charge is 0.462 e. The minimum absolute atomic E-state index is 0.0670. The fourth-order valence-corrected chi connectivity index (χ4v) is 19.0. The van der Waals surface area contributed by atoms with E-state index in [1.54, 1.807) is 0 Å². The van der Waals surface area contributed by atoms with E-state index in [0.29, 0.717) is 32.1 Å². The lowest BCUT2D eigenvalue weighted by Gasteiger charge is -2.35. The summed E-state index contributed by atoms with van der Waals surface area (Å²) in [6.45, 7) is 10.2. The number of carbonyl (C=O) groups is 5. The predicted octanol–water partition coefficient (Wildman–Crippen LogP) is 38.3. The number of ether oxygens (including phenoxy) is 5. The summed E-state index contributed by atoms with van der Waals surface area (Å²) in [5, 5.41) is 11.5. The summed E-state index contributed by atoms with van der Waals surface area (Å²) in [6.07, 6.45) is 113.